The van der Waals surface area contributed by atoms with Crippen LogP contribution >= 0.6 is 23.2 Å². The fraction of sp³-hybridized carbons (Fsp3) is 0.158. The van der Waals surface area contributed by atoms with Crippen LogP contribution in [0.1, 0.15) is 18.0 Å². The van der Waals surface area contributed by atoms with Gasteiger partial charge in [0.25, 0.3) is 5.91 Å². The molecule has 29 heavy (non-hydrogen) atoms. The summed E-state index contributed by atoms with van der Waals surface area (Å²) in [5, 5.41) is 10.3. The molecular weight excluding hydrogens is 417 g/mol. The minimum absolute atomic E-state index is 0.136. The predicted octanol–water partition coefficient (Wildman–Crippen LogP) is 3.53. The molecule has 2 heterocycles. The van der Waals surface area contributed by atoms with E-state index < -0.39 is 0 Å². The number of carbonyl (C=O) groups excluding carboxylic acids is 2. The lowest BCUT2D eigenvalue weighted by Crippen LogP contribution is -2.29. The number of nitrogens with one attached hydrogen (secondary N) is 2. The van der Waals surface area contributed by atoms with Crippen molar-refractivity contribution >= 4 is 46.7 Å². The number of nitrogens with zero attached hydrogens (tertiary/aromatic N) is 3. The maximum atomic E-state index is 12.2. The first-order chi connectivity index (χ1) is 14.0. The van der Waals surface area contributed by atoms with Crippen molar-refractivity contribution in [3.8, 4) is 5.75 Å². The van der Waals surface area contributed by atoms with Crippen LogP contribution in [0, 0.1) is 0 Å². The summed E-state index contributed by atoms with van der Waals surface area (Å²) in [5.74, 6) is 0.422. The molecule has 148 valence electrons. The van der Waals surface area contributed by atoms with Crippen molar-refractivity contribution in [1.29, 1.82) is 0 Å². The van der Waals surface area contributed by atoms with E-state index >= 15 is 0 Å². The second kappa shape index (κ2) is 8.10. The lowest BCUT2D eigenvalue weighted by Gasteiger charge is -2.24. The van der Waals surface area contributed by atoms with E-state index in [0.29, 0.717) is 27.4 Å². The Bertz CT molecular complexity index is 1090. The Morgan fingerprint density at radius 1 is 1.24 bits per heavy atom. The van der Waals surface area contributed by atoms with Crippen LogP contribution in [0.15, 0.2) is 48.8 Å². The predicted molar refractivity (Wildman–Crippen MR) is 108 cm³/mol. The van der Waals surface area contributed by atoms with Gasteiger partial charge in [0.05, 0.1) is 22.5 Å². The van der Waals surface area contributed by atoms with E-state index in [-0.39, 0.29) is 30.9 Å². The second-order valence-corrected chi connectivity index (χ2v) is 7.15. The molecule has 3 aromatic rings. The molecule has 4 rings (SSSR count). The van der Waals surface area contributed by atoms with Crippen molar-refractivity contribution in [2.45, 2.75) is 12.5 Å². The number of amides is 2. The van der Waals surface area contributed by atoms with Crippen LogP contribution in [-0.2, 0) is 9.59 Å². The molecule has 0 bridgehead atoms. The summed E-state index contributed by atoms with van der Waals surface area (Å²) < 4.78 is 7.26. The maximum Gasteiger partial charge on any atom is 0.262 e. The summed E-state index contributed by atoms with van der Waals surface area (Å²) >= 11 is 11.8. The van der Waals surface area contributed by atoms with Gasteiger partial charge in [-0.3, -0.25) is 14.9 Å². The second-order valence-electron chi connectivity index (χ2n) is 6.33. The van der Waals surface area contributed by atoms with Gasteiger partial charge in [0.15, 0.2) is 6.61 Å². The summed E-state index contributed by atoms with van der Waals surface area (Å²) in [6.45, 7) is -0.191. The fourth-order valence-corrected chi connectivity index (χ4v) is 3.29. The van der Waals surface area contributed by atoms with Crippen molar-refractivity contribution in [3.05, 3.63) is 64.4 Å². The minimum Gasteiger partial charge on any atom is -0.484 e. The van der Waals surface area contributed by atoms with E-state index in [1.807, 2.05) is 6.07 Å². The average molecular weight is 432 g/mol. The van der Waals surface area contributed by atoms with Gasteiger partial charge in [-0.1, -0.05) is 35.3 Å². The van der Waals surface area contributed by atoms with Crippen molar-refractivity contribution in [3.63, 3.8) is 0 Å². The lowest BCUT2D eigenvalue weighted by atomic mass is 10.0. The number of aromatic nitrogens is 3. The standard InChI is InChI=1S/C19H15Cl2N5O3/c20-14-5-4-12(7-15(14)21)24-18(28)9-29-13-3-1-2-11(6-13)16-8-17(27)25-19-22-10-23-26(16)19/h1-7,10,16H,8-9H2,(H,24,28)(H,22,23,25,27)/t16-/m0/s1. The number of hydrogen-bond donors (Lipinski definition) is 2. The molecule has 2 aromatic carbocycles. The van der Waals surface area contributed by atoms with Gasteiger partial charge in [-0.15, -0.1) is 0 Å². The molecule has 1 aromatic heterocycles. The highest BCUT2D eigenvalue weighted by atomic mass is 35.5. The Labute approximate surface area is 175 Å². The van der Waals surface area contributed by atoms with E-state index in [0.717, 1.165) is 5.56 Å². The molecule has 10 heteroatoms. The van der Waals surface area contributed by atoms with Crippen LogP contribution < -0.4 is 15.4 Å². The molecule has 0 saturated heterocycles. The molecule has 0 unspecified atom stereocenters. The van der Waals surface area contributed by atoms with Gasteiger partial charge < -0.3 is 10.1 Å². The third-order valence-electron chi connectivity index (χ3n) is 4.31. The summed E-state index contributed by atoms with van der Waals surface area (Å²) in [6.07, 6.45) is 1.62. The highest BCUT2D eigenvalue weighted by Gasteiger charge is 2.27. The van der Waals surface area contributed by atoms with Crippen LogP contribution in [0.4, 0.5) is 11.6 Å². The maximum absolute atomic E-state index is 12.2. The molecule has 1 atom stereocenters. The molecule has 2 amide bonds. The van der Waals surface area contributed by atoms with Crippen LogP contribution in [-0.4, -0.2) is 33.2 Å². The van der Waals surface area contributed by atoms with Crippen LogP contribution in [0.2, 0.25) is 10.0 Å². The Hall–Kier alpha value is -3.10. The fourth-order valence-electron chi connectivity index (χ4n) is 3.00. The highest BCUT2D eigenvalue weighted by Crippen LogP contribution is 2.30. The van der Waals surface area contributed by atoms with Crippen molar-refractivity contribution in [2.75, 3.05) is 17.2 Å². The number of carbonyl (C=O) groups is 2. The van der Waals surface area contributed by atoms with E-state index in [2.05, 4.69) is 20.7 Å². The summed E-state index contributed by atoms with van der Waals surface area (Å²) in [4.78, 5) is 28.1. The third-order valence-corrected chi connectivity index (χ3v) is 5.05. The molecule has 0 spiro atoms. The number of halogens is 2. The van der Waals surface area contributed by atoms with Crippen LogP contribution in [0.25, 0.3) is 0 Å². The lowest BCUT2D eigenvalue weighted by molar-refractivity contribution is -0.118. The van der Waals surface area contributed by atoms with E-state index in [4.69, 9.17) is 27.9 Å². The summed E-state index contributed by atoms with van der Waals surface area (Å²) in [6, 6.07) is 11.7. The smallest absolute Gasteiger partial charge is 0.262 e. The molecule has 8 nitrogen and oxygen atoms in total. The minimum atomic E-state index is -0.343. The Kier molecular flexibility index (Phi) is 5.37. The number of hydrogen-bond acceptors (Lipinski definition) is 5. The quantitative estimate of drug-likeness (QED) is 0.643. The zero-order chi connectivity index (χ0) is 20.4. The van der Waals surface area contributed by atoms with Crippen molar-refractivity contribution in [2.24, 2.45) is 0 Å². The van der Waals surface area contributed by atoms with E-state index in [1.54, 1.807) is 41.1 Å². The van der Waals surface area contributed by atoms with Gasteiger partial charge in [-0.05, 0) is 35.9 Å². The van der Waals surface area contributed by atoms with Crippen LogP contribution in [0.3, 0.4) is 0 Å². The molecule has 0 fully saturated rings. The first-order valence-electron chi connectivity index (χ1n) is 8.66. The monoisotopic (exact) mass is 431 g/mol. The number of benzene rings is 2. The molecule has 1 aliphatic heterocycles. The van der Waals surface area contributed by atoms with Crippen molar-refractivity contribution in [1.82, 2.24) is 14.8 Å². The van der Waals surface area contributed by atoms with Gasteiger partial charge in [0.2, 0.25) is 11.9 Å². The van der Waals surface area contributed by atoms with Gasteiger partial charge in [-0.25, -0.2) is 4.68 Å². The van der Waals surface area contributed by atoms with Gasteiger partial charge in [0, 0.05) is 5.69 Å². The molecule has 0 saturated carbocycles. The van der Waals surface area contributed by atoms with Gasteiger partial charge >= 0.3 is 0 Å². The van der Waals surface area contributed by atoms with E-state index in [9.17, 15) is 9.59 Å². The van der Waals surface area contributed by atoms with Crippen molar-refractivity contribution < 1.29 is 14.3 Å². The van der Waals surface area contributed by atoms with Crippen LogP contribution in [0.5, 0.6) is 5.75 Å². The topological polar surface area (TPSA) is 98.1 Å². The molecule has 0 aliphatic carbocycles. The zero-order valence-corrected chi connectivity index (χ0v) is 16.4. The van der Waals surface area contributed by atoms with Gasteiger partial charge in [0.1, 0.15) is 12.1 Å². The number of anilines is 2. The number of fused-ring (bicyclic) bond motifs is 1. The van der Waals surface area contributed by atoms with Gasteiger partial charge in [-0.2, -0.15) is 10.1 Å². The first kappa shape index (κ1) is 19.2. The molecule has 0 radical (unpaired) electrons. The summed E-state index contributed by atoms with van der Waals surface area (Å²) in [7, 11) is 0. The normalized spacial score (nSPS) is 15.4. The largest absolute Gasteiger partial charge is 0.484 e. The molecule has 1 aliphatic rings. The van der Waals surface area contributed by atoms with E-state index in [1.165, 1.54) is 6.33 Å². The Balaban J connectivity index is 1.42. The Morgan fingerprint density at radius 3 is 2.93 bits per heavy atom. The first-order valence-corrected chi connectivity index (χ1v) is 9.42. The third kappa shape index (κ3) is 4.33. The number of rotatable bonds is 5. The summed E-state index contributed by atoms with van der Waals surface area (Å²) in [5.41, 5.74) is 1.35. The molecule has 2 N–H and O–H groups in total. The molecular formula is C19H15Cl2N5O3. The SMILES string of the molecule is O=C(COc1cccc([C@@H]2CC(=O)Nc3ncnn32)c1)Nc1ccc(Cl)c(Cl)c1. The highest BCUT2D eigenvalue weighted by molar-refractivity contribution is 6.42. The Morgan fingerprint density at radius 2 is 2.10 bits per heavy atom. The average Bonchev–Trinajstić information content (AvgIpc) is 3.17. The number of ether oxygens (including phenoxy) is 1. The zero-order valence-electron chi connectivity index (χ0n) is 14.9.